The van der Waals surface area contributed by atoms with Crippen molar-refractivity contribution in [2.24, 2.45) is 0 Å². The Labute approximate surface area is 151 Å². The molecular formula is C15H18Cl2FN5O. The van der Waals surface area contributed by atoms with Crippen LogP contribution in [-0.4, -0.2) is 42.1 Å². The maximum atomic E-state index is 13.5. The molecule has 1 amide bonds. The largest absolute Gasteiger partial charge is 0.368 e. The van der Waals surface area contributed by atoms with Gasteiger partial charge in [0.05, 0.1) is 23.6 Å². The molecule has 1 aliphatic heterocycles. The SMILES string of the molecule is Cl.Cl.O=C(Nc1ccc(N2CCNCC2)cn1)c1ccncc1F. The number of hydrogen-bond donors (Lipinski definition) is 2. The van der Waals surface area contributed by atoms with Gasteiger partial charge in [0.1, 0.15) is 5.82 Å². The Morgan fingerprint density at radius 2 is 1.92 bits per heavy atom. The molecule has 130 valence electrons. The van der Waals surface area contributed by atoms with Crippen LogP contribution in [0.3, 0.4) is 0 Å². The zero-order chi connectivity index (χ0) is 15.4. The molecule has 2 N–H and O–H groups in total. The third-order valence-electron chi connectivity index (χ3n) is 3.49. The van der Waals surface area contributed by atoms with Gasteiger partial charge < -0.3 is 15.5 Å². The highest BCUT2D eigenvalue weighted by Gasteiger charge is 2.13. The summed E-state index contributed by atoms with van der Waals surface area (Å²) in [5.41, 5.74) is 0.956. The summed E-state index contributed by atoms with van der Waals surface area (Å²) < 4.78 is 13.5. The van der Waals surface area contributed by atoms with Crippen molar-refractivity contribution in [1.82, 2.24) is 15.3 Å². The van der Waals surface area contributed by atoms with Gasteiger partial charge in [-0.3, -0.25) is 9.78 Å². The van der Waals surface area contributed by atoms with Crippen molar-refractivity contribution in [3.8, 4) is 0 Å². The van der Waals surface area contributed by atoms with E-state index in [0.717, 1.165) is 38.1 Å². The quantitative estimate of drug-likeness (QED) is 0.862. The summed E-state index contributed by atoms with van der Waals surface area (Å²) in [6.45, 7) is 3.74. The van der Waals surface area contributed by atoms with E-state index in [2.05, 4.69) is 25.5 Å². The van der Waals surface area contributed by atoms with E-state index in [4.69, 9.17) is 0 Å². The molecule has 24 heavy (non-hydrogen) atoms. The molecule has 9 heteroatoms. The van der Waals surface area contributed by atoms with Crippen LogP contribution < -0.4 is 15.5 Å². The van der Waals surface area contributed by atoms with Gasteiger partial charge in [0.15, 0.2) is 5.82 Å². The summed E-state index contributed by atoms with van der Waals surface area (Å²) in [7, 11) is 0. The fourth-order valence-corrected chi connectivity index (χ4v) is 2.31. The first-order chi connectivity index (χ1) is 10.7. The van der Waals surface area contributed by atoms with E-state index in [1.807, 2.05) is 6.07 Å². The van der Waals surface area contributed by atoms with Crippen molar-refractivity contribution in [1.29, 1.82) is 0 Å². The highest BCUT2D eigenvalue weighted by atomic mass is 35.5. The molecule has 0 atom stereocenters. The van der Waals surface area contributed by atoms with E-state index < -0.39 is 11.7 Å². The number of aromatic nitrogens is 2. The number of anilines is 2. The molecule has 1 aliphatic rings. The molecule has 0 spiro atoms. The van der Waals surface area contributed by atoms with E-state index in [-0.39, 0.29) is 30.4 Å². The Morgan fingerprint density at radius 1 is 1.17 bits per heavy atom. The van der Waals surface area contributed by atoms with E-state index in [1.54, 1.807) is 12.3 Å². The first kappa shape index (κ1) is 20.1. The topological polar surface area (TPSA) is 70.2 Å². The minimum atomic E-state index is -0.655. The minimum Gasteiger partial charge on any atom is -0.368 e. The maximum Gasteiger partial charge on any atom is 0.259 e. The summed E-state index contributed by atoms with van der Waals surface area (Å²) in [6, 6.07) is 4.95. The normalized spacial score (nSPS) is 13.5. The average Bonchev–Trinajstić information content (AvgIpc) is 2.57. The molecule has 2 aromatic rings. The van der Waals surface area contributed by atoms with Gasteiger partial charge in [0.2, 0.25) is 0 Å². The fraction of sp³-hybridized carbons (Fsp3) is 0.267. The van der Waals surface area contributed by atoms with Crippen molar-refractivity contribution < 1.29 is 9.18 Å². The number of carbonyl (C=O) groups is 1. The second-order valence-electron chi connectivity index (χ2n) is 4.95. The van der Waals surface area contributed by atoms with Crippen LogP contribution in [0.1, 0.15) is 10.4 Å². The smallest absolute Gasteiger partial charge is 0.259 e. The van der Waals surface area contributed by atoms with Crippen LogP contribution in [0.25, 0.3) is 0 Å². The van der Waals surface area contributed by atoms with Crippen LogP contribution in [0.15, 0.2) is 36.8 Å². The van der Waals surface area contributed by atoms with Crippen molar-refractivity contribution in [3.05, 3.63) is 48.2 Å². The highest BCUT2D eigenvalue weighted by Crippen LogP contribution is 2.16. The average molecular weight is 374 g/mol. The van der Waals surface area contributed by atoms with E-state index in [0.29, 0.717) is 5.82 Å². The summed E-state index contributed by atoms with van der Waals surface area (Å²) in [5.74, 6) is -0.806. The number of amides is 1. The van der Waals surface area contributed by atoms with E-state index in [9.17, 15) is 9.18 Å². The second-order valence-corrected chi connectivity index (χ2v) is 4.95. The number of hydrogen-bond acceptors (Lipinski definition) is 5. The highest BCUT2D eigenvalue weighted by molar-refractivity contribution is 6.03. The summed E-state index contributed by atoms with van der Waals surface area (Å²) in [5, 5.41) is 5.87. The Balaban J connectivity index is 0.00000144. The molecular weight excluding hydrogens is 356 g/mol. The first-order valence-electron chi connectivity index (χ1n) is 7.06. The van der Waals surface area contributed by atoms with Crippen molar-refractivity contribution >= 4 is 42.2 Å². The lowest BCUT2D eigenvalue weighted by atomic mass is 10.2. The molecule has 0 aliphatic carbocycles. The lowest BCUT2D eigenvalue weighted by Crippen LogP contribution is -2.43. The van der Waals surface area contributed by atoms with Crippen LogP contribution in [-0.2, 0) is 0 Å². The van der Waals surface area contributed by atoms with E-state index >= 15 is 0 Å². The standard InChI is InChI=1S/C15H16FN5O.2ClH/c16-13-10-18-4-3-12(13)15(22)20-14-2-1-11(9-19-14)21-7-5-17-6-8-21;;/h1-4,9-10,17H,5-8H2,(H,19,20,22);2*1H. The molecule has 0 radical (unpaired) electrons. The number of rotatable bonds is 3. The van der Waals surface area contributed by atoms with Gasteiger partial charge in [0.25, 0.3) is 5.91 Å². The van der Waals surface area contributed by atoms with Gasteiger partial charge >= 0.3 is 0 Å². The Hall–Kier alpha value is -1.96. The fourth-order valence-electron chi connectivity index (χ4n) is 2.31. The summed E-state index contributed by atoms with van der Waals surface area (Å²) >= 11 is 0. The van der Waals surface area contributed by atoms with Gasteiger partial charge in [-0.2, -0.15) is 0 Å². The minimum absolute atomic E-state index is 0. The van der Waals surface area contributed by atoms with Gasteiger partial charge in [-0.05, 0) is 18.2 Å². The van der Waals surface area contributed by atoms with Crippen LogP contribution in [0.4, 0.5) is 15.9 Å². The summed E-state index contributed by atoms with van der Waals surface area (Å²) in [4.78, 5) is 22.0. The van der Waals surface area contributed by atoms with E-state index in [1.165, 1.54) is 12.3 Å². The lowest BCUT2D eigenvalue weighted by molar-refractivity contribution is 0.102. The molecule has 0 bridgehead atoms. The monoisotopic (exact) mass is 373 g/mol. The zero-order valence-electron chi connectivity index (χ0n) is 12.7. The molecule has 3 rings (SSSR count). The Bertz CT molecular complexity index is 665. The Kier molecular flexibility index (Phi) is 7.84. The number of nitrogens with zero attached hydrogens (tertiary/aromatic N) is 3. The van der Waals surface area contributed by atoms with Crippen molar-refractivity contribution in [2.45, 2.75) is 0 Å². The third-order valence-corrected chi connectivity index (χ3v) is 3.49. The molecule has 3 heterocycles. The van der Waals surface area contributed by atoms with Crippen LogP contribution in [0.5, 0.6) is 0 Å². The molecule has 0 unspecified atom stereocenters. The predicted octanol–water partition coefficient (Wildman–Crippen LogP) is 2.12. The van der Waals surface area contributed by atoms with Gasteiger partial charge in [-0.15, -0.1) is 24.8 Å². The second kappa shape index (κ2) is 9.36. The van der Waals surface area contributed by atoms with Gasteiger partial charge in [-0.1, -0.05) is 0 Å². The number of nitrogens with one attached hydrogen (secondary N) is 2. The van der Waals surface area contributed by atoms with Crippen molar-refractivity contribution in [2.75, 3.05) is 36.4 Å². The van der Waals surface area contributed by atoms with Crippen LogP contribution in [0, 0.1) is 5.82 Å². The third kappa shape index (κ3) is 4.77. The molecule has 0 aromatic carbocycles. The van der Waals surface area contributed by atoms with Crippen molar-refractivity contribution in [3.63, 3.8) is 0 Å². The van der Waals surface area contributed by atoms with Crippen LogP contribution >= 0.6 is 24.8 Å². The van der Waals surface area contributed by atoms with Crippen LogP contribution in [0.2, 0.25) is 0 Å². The number of carbonyl (C=O) groups excluding carboxylic acids is 1. The molecule has 2 aromatic heterocycles. The lowest BCUT2D eigenvalue weighted by Gasteiger charge is -2.29. The zero-order valence-corrected chi connectivity index (χ0v) is 14.4. The molecule has 1 saturated heterocycles. The number of halogens is 3. The van der Waals surface area contributed by atoms with Gasteiger partial charge in [0, 0.05) is 32.4 Å². The Morgan fingerprint density at radius 3 is 2.54 bits per heavy atom. The predicted molar refractivity (Wildman–Crippen MR) is 96.0 cm³/mol. The molecule has 6 nitrogen and oxygen atoms in total. The number of piperazine rings is 1. The maximum absolute atomic E-state index is 13.5. The molecule has 0 saturated carbocycles. The summed E-state index contributed by atoms with van der Waals surface area (Å²) in [6.07, 6.45) is 4.10. The first-order valence-corrected chi connectivity index (χ1v) is 7.06. The molecule has 1 fully saturated rings. The van der Waals surface area contributed by atoms with Gasteiger partial charge in [-0.25, -0.2) is 9.37 Å². The number of pyridine rings is 2.